The molecule has 2 heterocycles. The number of aryl methyl sites for hydroxylation is 2. The van der Waals surface area contributed by atoms with Gasteiger partial charge in [0.15, 0.2) is 0 Å². The van der Waals surface area contributed by atoms with Gasteiger partial charge in [0.1, 0.15) is 0 Å². The molecular formula is C15H23N3O3. The fraction of sp³-hybridized carbons (Fsp3) is 0.667. The summed E-state index contributed by atoms with van der Waals surface area (Å²) in [5, 5.41) is 13.6. The van der Waals surface area contributed by atoms with Crippen molar-refractivity contribution in [2.75, 3.05) is 6.54 Å². The number of rotatable bonds is 3. The lowest BCUT2D eigenvalue weighted by Crippen LogP contribution is -2.49. The molecule has 1 aliphatic heterocycles. The first-order valence-corrected chi connectivity index (χ1v) is 7.34. The van der Waals surface area contributed by atoms with Crippen molar-refractivity contribution >= 4 is 11.9 Å². The van der Waals surface area contributed by atoms with Gasteiger partial charge in [-0.25, -0.2) is 0 Å². The van der Waals surface area contributed by atoms with E-state index in [1.165, 1.54) is 0 Å². The van der Waals surface area contributed by atoms with Gasteiger partial charge in [-0.1, -0.05) is 0 Å². The lowest BCUT2D eigenvalue weighted by atomic mass is 9.90. The van der Waals surface area contributed by atoms with E-state index in [4.69, 9.17) is 0 Å². The molecule has 6 nitrogen and oxygen atoms in total. The molecule has 1 fully saturated rings. The van der Waals surface area contributed by atoms with Crippen LogP contribution in [0.1, 0.15) is 36.7 Å². The Morgan fingerprint density at radius 3 is 2.57 bits per heavy atom. The molecule has 0 aliphatic carbocycles. The molecule has 1 aliphatic rings. The summed E-state index contributed by atoms with van der Waals surface area (Å²) >= 11 is 0. The molecule has 1 amide bonds. The number of carboxylic acids is 1. The van der Waals surface area contributed by atoms with E-state index < -0.39 is 11.9 Å². The van der Waals surface area contributed by atoms with E-state index in [-0.39, 0.29) is 11.9 Å². The normalized spacial score (nSPS) is 22.4. The minimum Gasteiger partial charge on any atom is -0.481 e. The second kappa shape index (κ2) is 5.87. The maximum absolute atomic E-state index is 12.6. The molecule has 1 saturated heterocycles. The quantitative estimate of drug-likeness (QED) is 0.911. The monoisotopic (exact) mass is 293 g/mol. The highest BCUT2D eigenvalue weighted by Gasteiger charge is 2.35. The van der Waals surface area contributed by atoms with Crippen LogP contribution in [0.25, 0.3) is 0 Å². The molecule has 1 aromatic heterocycles. The van der Waals surface area contributed by atoms with E-state index in [1.807, 2.05) is 27.8 Å². The first-order valence-electron chi connectivity index (χ1n) is 7.34. The maximum atomic E-state index is 12.6. The predicted molar refractivity (Wildman–Crippen MR) is 77.9 cm³/mol. The van der Waals surface area contributed by atoms with Crippen molar-refractivity contribution in [2.45, 2.75) is 46.1 Å². The van der Waals surface area contributed by atoms with Gasteiger partial charge in [0.25, 0.3) is 0 Å². The van der Waals surface area contributed by atoms with Gasteiger partial charge in [-0.2, -0.15) is 5.10 Å². The molecule has 1 aromatic rings. The number of nitrogens with zero attached hydrogens (tertiary/aromatic N) is 3. The molecule has 0 saturated carbocycles. The van der Waals surface area contributed by atoms with Gasteiger partial charge < -0.3 is 10.0 Å². The third kappa shape index (κ3) is 2.94. The Balaban J connectivity index is 2.14. The number of likely N-dealkylation sites (tertiary alicyclic amines) is 1. The van der Waals surface area contributed by atoms with Gasteiger partial charge in [0.2, 0.25) is 5.91 Å². The number of hydrogen-bond acceptors (Lipinski definition) is 3. The highest BCUT2D eigenvalue weighted by molar-refractivity contribution is 5.81. The number of amides is 1. The van der Waals surface area contributed by atoms with Crippen LogP contribution in [0.15, 0.2) is 0 Å². The van der Waals surface area contributed by atoms with Crippen LogP contribution in [-0.4, -0.2) is 44.3 Å². The summed E-state index contributed by atoms with van der Waals surface area (Å²) in [6.07, 6.45) is 1.69. The average Bonchev–Trinajstić information content (AvgIpc) is 2.65. The number of carbonyl (C=O) groups excluding carboxylic acids is 1. The number of piperidine rings is 1. The van der Waals surface area contributed by atoms with Crippen LogP contribution >= 0.6 is 0 Å². The summed E-state index contributed by atoms with van der Waals surface area (Å²) < 4.78 is 1.78. The molecule has 1 N–H and O–H groups in total. The van der Waals surface area contributed by atoms with Crippen LogP contribution in [0, 0.1) is 19.8 Å². The third-order valence-electron chi connectivity index (χ3n) is 4.61. The standard InChI is InChI=1S/C15H23N3O3/c1-9-13(10(2)17(4)16-9)8-14(19)18-7-5-6-12(11(18)3)15(20)21/h11-12H,5-8H2,1-4H3,(H,20,21)/t11-,12-/m1/s1. The summed E-state index contributed by atoms with van der Waals surface area (Å²) in [6.45, 7) is 6.32. The Bertz CT molecular complexity index is 565. The molecule has 6 heteroatoms. The zero-order valence-electron chi connectivity index (χ0n) is 13.1. The Kier molecular flexibility index (Phi) is 4.34. The van der Waals surface area contributed by atoms with Gasteiger partial charge in [-0.3, -0.25) is 14.3 Å². The molecule has 0 radical (unpaired) electrons. The van der Waals surface area contributed by atoms with Crippen molar-refractivity contribution < 1.29 is 14.7 Å². The Hall–Kier alpha value is -1.85. The minimum absolute atomic E-state index is 0.00681. The van der Waals surface area contributed by atoms with Crippen molar-refractivity contribution in [3.8, 4) is 0 Å². The van der Waals surface area contributed by atoms with Crippen LogP contribution in [0.5, 0.6) is 0 Å². The number of hydrogen-bond donors (Lipinski definition) is 1. The lowest BCUT2D eigenvalue weighted by molar-refractivity contribution is -0.148. The molecule has 0 bridgehead atoms. The van der Waals surface area contributed by atoms with E-state index >= 15 is 0 Å². The molecule has 0 unspecified atom stereocenters. The van der Waals surface area contributed by atoms with Crippen LogP contribution in [0.3, 0.4) is 0 Å². The van der Waals surface area contributed by atoms with E-state index in [9.17, 15) is 14.7 Å². The highest BCUT2D eigenvalue weighted by atomic mass is 16.4. The van der Waals surface area contributed by atoms with E-state index in [1.54, 1.807) is 9.58 Å². The summed E-state index contributed by atoms with van der Waals surface area (Å²) in [5.41, 5.74) is 2.80. The van der Waals surface area contributed by atoms with Gasteiger partial charge in [-0.05, 0) is 33.6 Å². The topological polar surface area (TPSA) is 75.4 Å². The van der Waals surface area contributed by atoms with E-state index in [0.29, 0.717) is 19.4 Å². The first-order chi connectivity index (χ1) is 9.82. The predicted octanol–water partition coefficient (Wildman–Crippen LogP) is 1.29. The Morgan fingerprint density at radius 1 is 1.38 bits per heavy atom. The van der Waals surface area contributed by atoms with Crippen LogP contribution in [0.2, 0.25) is 0 Å². The SMILES string of the molecule is Cc1nn(C)c(C)c1CC(=O)N1CCC[C@@H](C(=O)O)[C@H]1C. The van der Waals surface area contributed by atoms with Gasteiger partial charge >= 0.3 is 5.97 Å². The lowest BCUT2D eigenvalue weighted by Gasteiger charge is -2.37. The summed E-state index contributed by atoms with van der Waals surface area (Å²) in [5.74, 6) is -1.28. The maximum Gasteiger partial charge on any atom is 0.308 e. The third-order valence-corrected chi connectivity index (χ3v) is 4.61. The first kappa shape index (κ1) is 15.5. The van der Waals surface area contributed by atoms with Crippen molar-refractivity contribution in [1.29, 1.82) is 0 Å². The number of carbonyl (C=O) groups is 2. The largest absolute Gasteiger partial charge is 0.481 e. The Labute approximate surface area is 124 Å². The molecular weight excluding hydrogens is 270 g/mol. The van der Waals surface area contributed by atoms with Crippen LogP contribution < -0.4 is 0 Å². The fourth-order valence-electron chi connectivity index (χ4n) is 3.15. The summed E-state index contributed by atoms with van der Waals surface area (Å²) in [7, 11) is 1.86. The number of aliphatic carboxylic acids is 1. The zero-order valence-corrected chi connectivity index (χ0v) is 13.1. The number of aromatic nitrogens is 2. The van der Waals surface area contributed by atoms with Gasteiger partial charge in [0, 0.05) is 30.9 Å². The number of carboxylic acid groups (broad SMARTS) is 1. The van der Waals surface area contributed by atoms with Crippen molar-refractivity contribution in [1.82, 2.24) is 14.7 Å². The molecule has 21 heavy (non-hydrogen) atoms. The highest BCUT2D eigenvalue weighted by Crippen LogP contribution is 2.25. The van der Waals surface area contributed by atoms with E-state index in [0.717, 1.165) is 23.4 Å². The van der Waals surface area contributed by atoms with E-state index in [2.05, 4.69) is 5.10 Å². The van der Waals surface area contributed by atoms with Crippen molar-refractivity contribution in [3.63, 3.8) is 0 Å². The summed E-state index contributed by atoms with van der Waals surface area (Å²) in [6, 6.07) is -0.249. The zero-order chi connectivity index (χ0) is 15.7. The second-order valence-corrected chi connectivity index (χ2v) is 5.86. The molecule has 116 valence electrons. The van der Waals surface area contributed by atoms with Crippen molar-refractivity contribution in [2.24, 2.45) is 13.0 Å². The van der Waals surface area contributed by atoms with Crippen molar-refractivity contribution in [3.05, 3.63) is 17.0 Å². The molecule has 0 aromatic carbocycles. The average molecular weight is 293 g/mol. The summed E-state index contributed by atoms with van der Waals surface area (Å²) in [4.78, 5) is 25.5. The second-order valence-electron chi connectivity index (χ2n) is 5.86. The Morgan fingerprint density at radius 2 is 2.05 bits per heavy atom. The molecule has 2 atom stereocenters. The molecule has 0 spiro atoms. The minimum atomic E-state index is -0.811. The smallest absolute Gasteiger partial charge is 0.308 e. The van der Waals surface area contributed by atoms with Crippen LogP contribution in [0.4, 0.5) is 0 Å². The van der Waals surface area contributed by atoms with Gasteiger partial charge in [0.05, 0.1) is 18.0 Å². The fourth-order valence-corrected chi connectivity index (χ4v) is 3.15. The molecule has 2 rings (SSSR count). The van der Waals surface area contributed by atoms with Gasteiger partial charge in [-0.15, -0.1) is 0 Å². The van der Waals surface area contributed by atoms with Crippen LogP contribution in [-0.2, 0) is 23.1 Å².